The Balaban J connectivity index is 1.23. The molecule has 9 aromatic rings. The normalized spacial score (nSPS) is 15.0. The predicted octanol–water partition coefficient (Wildman–Crippen LogP) is 12.3. The molecule has 1 aliphatic carbocycles. The molecule has 11 rings (SSSR count). The summed E-state index contributed by atoms with van der Waals surface area (Å²) >= 11 is 0. The molecule has 2 aliphatic rings. The van der Waals surface area contributed by atoms with E-state index in [-0.39, 0.29) is 0 Å². The van der Waals surface area contributed by atoms with Gasteiger partial charge in [0.15, 0.2) is 0 Å². The first-order valence-corrected chi connectivity index (χ1v) is 17.7. The fourth-order valence-corrected chi connectivity index (χ4v) is 8.70. The van der Waals surface area contributed by atoms with Gasteiger partial charge in [0.25, 0.3) is 0 Å². The van der Waals surface area contributed by atoms with Crippen molar-refractivity contribution in [1.29, 1.82) is 5.26 Å². The lowest BCUT2D eigenvalue weighted by Gasteiger charge is -2.42. The van der Waals surface area contributed by atoms with E-state index in [1.807, 2.05) is 42.6 Å². The van der Waals surface area contributed by atoms with Crippen LogP contribution in [-0.4, -0.2) is 4.98 Å². The van der Waals surface area contributed by atoms with Gasteiger partial charge in [-0.25, -0.2) is 0 Å². The summed E-state index contributed by atoms with van der Waals surface area (Å²) in [6.07, 6.45) is 1.95. The quantitative estimate of drug-likeness (QED) is 0.183. The Labute approximate surface area is 305 Å². The summed E-state index contributed by atoms with van der Waals surface area (Å²) in [5.41, 5.74) is 14.6. The minimum absolute atomic E-state index is 0.629. The van der Waals surface area contributed by atoms with E-state index in [0.717, 1.165) is 78.1 Å². The van der Waals surface area contributed by atoms with Crippen molar-refractivity contribution in [2.75, 3.05) is 0 Å². The second-order valence-corrected chi connectivity index (χ2v) is 13.8. The molecular weight excluding hydrogens is 649 g/mol. The van der Waals surface area contributed by atoms with Crippen LogP contribution in [0.2, 0.25) is 0 Å². The first kappa shape index (κ1) is 29.5. The fourth-order valence-electron chi connectivity index (χ4n) is 8.70. The Morgan fingerprint density at radius 1 is 0.472 bits per heavy atom. The summed E-state index contributed by atoms with van der Waals surface area (Å²) < 4.78 is 13.5. The third-order valence-corrected chi connectivity index (χ3v) is 11.1. The number of hydrogen-bond acceptors (Lipinski definition) is 4. The van der Waals surface area contributed by atoms with E-state index in [2.05, 4.69) is 133 Å². The van der Waals surface area contributed by atoms with Crippen molar-refractivity contribution < 1.29 is 9.15 Å². The maximum absolute atomic E-state index is 9.27. The number of aromatic nitrogens is 1. The van der Waals surface area contributed by atoms with Gasteiger partial charge in [-0.1, -0.05) is 115 Å². The van der Waals surface area contributed by atoms with Crippen LogP contribution in [0, 0.1) is 11.3 Å². The van der Waals surface area contributed by atoms with Crippen molar-refractivity contribution in [3.8, 4) is 62.2 Å². The number of fused-ring (bicyclic) bond motifs is 14. The molecule has 0 amide bonds. The van der Waals surface area contributed by atoms with Gasteiger partial charge in [-0.05, 0) is 87.5 Å². The first-order chi connectivity index (χ1) is 26.2. The topological polar surface area (TPSA) is 59.0 Å². The molecule has 0 radical (unpaired) electrons. The average Bonchev–Trinajstić information content (AvgIpc) is 3.55. The van der Waals surface area contributed by atoms with E-state index in [4.69, 9.17) is 14.1 Å². The number of pyridine rings is 1. The number of rotatable bonds is 2. The van der Waals surface area contributed by atoms with Crippen molar-refractivity contribution in [2.24, 2.45) is 0 Å². The highest BCUT2D eigenvalue weighted by molar-refractivity contribution is 6.06. The van der Waals surface area contributed by atoms with Crippen LogP contribution in [0.4, 0.5) is 0 Å². The second kappa shape index (κ2) is 11.1. The highest BCUT2D eigenvalue weighted by atomic mass is 16.5. The summed E-state index contributed by atoms with van der Waals surface area (Å²) in [6.45, 7) is 0. The lowest BCUT2D eigenvalue weighted by molar-refractivity contribution is 0.435. The Morgan fingerprint density at radius 2 is 1.15 bits per heavy atom. The fraction of sp³-hybridized carbons (Fsp3) is 0.0204. The van der Waals surface area contributed by atoms with E-state index in [1.165, 1.54) is 22.3 Å². The molecule has 7 aromatic carbocycles. The number of nitrogens with zero attached hydrogens (tertiary/aromatic N) is 2. The molecule has 1 spiro atoms. The third kappa shape index (κ3) is 4.19. The van der Waals surface area contributed by atoms with Gasteiger partial charge in [-0.2, -0.15) is 5.26 Å². The van der Waals surface area contributed by atoms with Gasteiger partial charge in [0.1, 0.15) is 22.7 Å². The predicted molar refractivity (Wildman–Crippen MR) is 210 cm³/mol. The average molecular weight is 677 g/mol. The highest BCUT2D eigenvalue weighted by Gasteiger charge is 2.49. The van der Waals surface area contributed by atoms with Crippen LogP contribution in [0.25, 0.3) is 66.6 Å². The molecule has 246 valence electrons. The summed E-state index contributed by atoms with van der Waals surface area (Å²) in [7, 11) is 0. The molecule has 4 heteroatoms. The standard InChI is InChI=1S/C49H28N2O2/c50-28-30-17-19-31(20-18-30)44-24-22-33(29-51-44)32-21-23-37-35-10-2-1-9-34(35)36-11-3-5-13-40(36)49(42(37)25-32)41-14-6-8-16-46(41)53-48-26-39-38-12-4-7-15-45(38)52-47(39)27-43(48)49/h1-27,29H. The molecule has 0 N–H and O–H groups in total. The van der Waals surface area contributed by atoms with Gasteiger partial charge in [0.2, 0.25) is 0 Å². The number of ether oxygens (including phenoxy) is 1. The molecule has 0 fully saturated rings. The van der Waals surface area contributed by atoms with Crippen molar-refractivity contribution in [2.45, 2.75) is 5.41 Å². The summed E-state index contributed by atoms with van der Waals surface area (Å²) in [5.74, 6) is 1.64. The SMILES string of the molecule is N#Cc1ccc(-c2ccc(-c3ccc4c(c3)C3(c5ccccc5Oc5cc6c(cc53)oc3ccccc36)c3ccccc3-c3ccccc3-4)cn2)cc1. The van der Waals surface area contributed by atoms with Crippen molar-refractivity contribution >= 4 is 21.9 Å². The van der Waals surface area contributed by atoms with Crippen LogP contribution in [-0.2, 0) is 5.41 Å². The molecule has 0 saturated heterocycles. The molecule has 53 heavy (non-hydrogen) atoms. The number of furan rings is 1. The summed E-state index contributed by atoms with van der Waals surface area (Å²) in [5, 5.41) is 11.4. The maximum Gasteiger partial charge on any atom is 0.136 e. The lowest BCUT2D eigenvalue weighted by atomic mass is 9.62. The van der Waals surface area contributed by atoms with Gasteiger partial charge in [0.05, 0.1) is 22.7 Å². The Morgan fingerprint density at radius 3 is 1.94 bits per heavy atom. The largest absolute Gasteiger partial charge is 0.457 e. The van der Waals surface area contributed by atoms with Gasteiger partial charge in [-0.3, -0.25) is 4.98 Å². The van der Waals surface area contributed by atoms with Crippen LogP contribution in [0.3, 0.4) is 0 Å². The molecule has 1 atom stereocenters. The molecule has 4 nitrogen and oxygen atoms in total. The molecule has 0 saturated carbocycles. The third-order valence-electron chi connectivity index (χ3n) is 11.1. The monoisotopic (exact) mass is 676 g/mol. The van der Waals surface area contributed by atoms with Crippen molar-refractivity contribution in [3.63, 3.8) is 0 Å². The highest BCUT2D eigenvalue weighted by Crippen LogP contribution is 2.61. The second-order valence-electron chi connectivity index (χ2n) is 13.8. The smallest absolute Gasteiger partial charge is 0.136 e. The van der Waals surface area contributed by atoms with Gasteiger partial charge >= 0.3 is 0 Å². The maximum atomic E-state index is 9.27. The number of nitriles is 1. The minimum Gasteiger partial charge on any atom is -0.457 e. The van der Waals surface area contributed by atoms with Crippen LogP contribution >= 0.6 is 0 Å². The Kier molecular flexibility index (Phi) is 6.20. The van der Waals surface area contributed by atoms with E-state index in [1.54, 1.807) is 0 Å². The van der Waals surface area contributed by atoms with E-state index in [0.29, 0.717) is 5.56 Å². The van der Waals surface area contributed by atoms with Crippen LogP contribution in [0.15, 0.2) is 174 Å². The minimum atomic E-state index is -0.770. The van der Waals surface area contributed by atoms with Gasteiger partial charge < -0.3 is 9.15 Å². The number of para-hydroxylation sites is 2. The molecule has 3 heterocycles. The van der Waals surface area contributed by atoms with E-state index < -0.39 is 5.41 Å². The zero-order chi connectivity index (χ0) is 35.1. The Bertz CT molecular complexity index is 2990. The zero-order valence-corrected chi connectivity index (χ0v) is 28.4. The number of benzene rings is 7. The van der Waals surface area contributed by atoms with Gasteiger partial charge in [0, 0.05) is 39.2 Å². The molecule has 0 bridgehead atoms. The Hall–Kier alpha value is -7.22. The van der Waals surface area contributed by atoms with Gasteiger partial charge in [-0.15, -0.1) is 0 Å². The summed E-state index contributed by atoms with van der Waals surface area (Å²) in [4.78, 5) is 4.90. The van der Waals surface area contributed by atoms with E-state index >= 15 is 0 Å². The summed E-state index contributed by atoms with van der Waals surface area (Å²) in [6, 6.07) is 59.5. The first-order valence-electron chi connectivity index (χ1n) is 17.7. The molecule has 1 unspecified atom stereocenters. The molecule has 1 aliphatic heterocycles. The van der Waals surface area contributed by atoms with Crippen molar-refractivity contribution in [3.05, 3.63) is 198 Å². The van der Waals surface area contributed by atoms with Crippen LogP contribution in [0.1, 0.15) is 27.8 Å². The molecule has 2 aromatic heterocycles. The molecular formula is C49H28N2O2. The van der Waals surface area contributed by atoms with E-state index in [9.17, 15) is 5.26 Å². The van der Waals surface area contributed by atoms with Crippen LogP contribution in [0.5, 0.6) is 11.5 Å². The van der Waals surface area contributed by atoms with Crippen molar-refractivity contribution in [1.82, 2.24) is 4.98 Å². The zero-order valence-electron chi connectivity index (χ0n) is 28.4. The van der Waals surface area contributed by atoms with Crippen LogP contribution < -0.4 is 4.74 Å². The number of hydrogen-bond donors (Lipinski definition) is 0. The lowest BCUT2D eigenvalue weighted by Crippen LogP contribution is -2.34.